The molecule has 4 nitrogen and oxygen atoms in total. The molecule has 0 radical (unpaired) electrons. The van der Waals surface area contributed by atoms with Crippen LogP contribution in [0.5, 0.6) is 0 Å². The van der Waals surface area contributed by atoms with Gasteiger partial charge in [0.05, 0.1) is 17.0 Å². The molecule has 0 atom stereocenters. The monoisotopic (exact) mass is 248 g/mol. The molecule has 19 heavy (non-hydrogen) atoms. The first-order valence-corrected chi connectivity index (χ1v) is 5.93. The van der Waals surface area contributed by atoms with Gasteiger partial charge < -0.3 is 5.73 Å². The minimum absolute atomic E-state index is 0.648. The molecule has 4 heteroatoms. The van der Waals surface area contributed by atoms with Gasteiger partial charge in [-0.2, -0.15) is 0 Å². The fraction of sp³-hybridized carbons (Fsp3) is 0. The van der Waals surface area contributed by atoms with Crippen molar-refractivity contribution in [2.45, 2.75) is 0 Å². The Labute approximate surface area is 111 Å². The lowest BCUT2D eigenvalue weighted by molar-refractivity contribution is 1.23. The van der Waals surface area contributed by atoms with Crippen LogP contribution in [-0.4, -0.2) is 15.0 Å². The summed E-state index contributed by atoms with van der Waals surface area (Å²) in [6.07, 6.45) is 5.16. The van der Waals surface area contributed by atoms with Crippen molar-refractivity contribution < 1.29 is 0 Å². The number of hydrogen-bond acceptors (Lipinski definition) is 4. The summed E-state index contributed by atoms with van der Waals surface area (Å²) in [5, 5.41) is 0. The molecule has 2 N–H and O–H groups in total. The molecule has 0 aromatic carbocycles. The van der Waals surface area contributed by atoms with Gasteiger partial charge >= 0.3 is 0 Å². The fourth-order valence-corrected chi connectivity index (χ4v) is 1.95. The Morgan fingerprint density at radius 1 is 0.684 bits per heavy atom. The van der Waals surface area contributed by atoms with Gasteiger partial charge in [-0.05, 0) is 30.3 Å². The zero-order chi connectivity index (χ0) is 13.1. The molecule has 0 aliphatic heterocycles. The second kappa shape index (κ2) is 4.86. The number of pyridine rings is 3. The molecule has 0 saturated heterocycles. The van der Waals surface area contributed by atoms with Gasteiger partial charge in [0.25, 0.3) is 0 Å². The number of anilines is 1. The molecule has 0 bridgehead atoms. The largest absolute Gasteiger partial charge is 0.398 e. The molecule has 3 heterocycles. The second-order valence-corrected chi connectivity index (χ2v) is 4.05. The van der Waals surface area contributed by atoms with E-state index >= 15 is 0 Å². The maximum absolute atomic E-state index is 6.08. The van der Waals surface area contributed by atoms with Crippen LogP contribution in [0.3, 0.4) is 0 Å². The Kier molecular flexibility index (Phi) is 2.90. The van der Waals surface area contributed by atoms with E-state index in [-0.39, 0.29) is 0 Å². The van der Waals surface area contributed by atoms with E-state index in [0.29, 0.717) is 5.69 Å². The average Bonchev–Trinajstić information content (AvgIpc) is 2.49. The quantitative estimate of drug-likeness (QED) is 0.757. The van der Waals surface area contributed by atoms with Gasteiger partial charge in [0.15, 0.2) is 0 Å². The molecular formula is C15H12N4. The highest BCUT2D eigenvalue weighted by molar-refractivity contribution is 5.85. The Balaban J connectivity index is 2.25. The first kappa shape index (κ1) is 11.3. The predicted molar refractivity (Wildman–Crippen MR) is 75.1 cm³/mol. The van der Waals surface area contributed by atoms with Gasteiger partial charge in [0, 0.05) is 24.3 Å². The highest BCUT2D eigenvalue weighted by Gasteiger charge is 2.13. The number of nitrogen functional groups attached to an aromatic ring is 1. The third-order valence-electron chi connectivity index (χ3n) is 2.81. The smallest absolute Gasteiger partial charge is 0.100 e. The van der Waals surface area contributed by atoms with E-state index in [2.05, 4.69) is 15.0 Å². The lowest BCUT2D eigenvalue weighted by Gasteiger charge is -2.10. The Bertz CT molecular complexity index is 681. The first-order valence-electron chi connectivity index (χ1n) is 5.93. The van der Waals surface area contributed by atoms with E-state index in [0.717, 1.165) is 22.6 Å². The lowest BCUT2D eigenvalue weighted by atomic mass is 10.0. The maximum atomic E-state index is 6.08. The minimum Gasteiger partial charge on any atom is -0.398 e. The van der Waals surface area contributed by atoms with Crippen LogP contribution < -0.4 is 5.73 Å². The van der Waals surface area contributed by atoms with Gasteiger partial charge in [-0.3, -0.25) is 15.0 Å². The second-order valence-electron chi connectivity index (χ2n) is 4.05. The molecular weight excluding hydrogens is 236 g/mol. The molecule has 0 aliphatic rings. The highest BCUT2D eigenvalue weighted by Crippen LogP contribution is 2.32. The fourth-order valence-electron chi connectivity index (χ4n) is 1.95. The van der Waals surface area contributed by atoms with E-state index in [1.807, 2.05) is 36.4 Å². The van der Waals surface area contributed by atoms with Gasteiger partial charge in [-0.15, -0.1) is 0 Å². The predicted octanol–water partition coefficient (Wildman–Crippen LogP) is 2.79. The molecule has 3 aromatic rings. The summed E-state index contributed by atoms with van der Waals surface area (Å²) in [4.78, 5) is 13.1. The summed E-state index contributed by atoms with van der Waals surface area (Å²) < 4.78 is 0. The van der Waals surface area contributed by atoms with Crippen LogP contribution >= 0.6 is 0 Å². The Hall–Kier alpha value is -2.75. The van der Waals surface area contributed by atoms with Crippen molar-refractivity contribution in [3.05, 3.63) is 61.1 Å². The van der Waals surface area contributed by atoms with Crippen LogP contribution in [0, 0.1) is 0 Å². The lowest BCUT2D eigenvalue weighted by Crippen LogP contribution is -1.98. The number of aromatic nitrogens is 3. The molecule has 0 fully saturated rings. The maximum Gasteiger partial charge on any atom is 0.100 e. The number of hydrogen-bond donors (Lipinski definition) is 1. The standard InChI is InChI=1S/C15H12N4/c16-11-7-10-19-15(13-6-2-4-9-18-13)14(11)12-5-1-3-8-17-12/h1-10H,(H2,16,19). The molecule has 92 valence electrons. The molecule has 0 amide bonds. The number of nitrogens with zero attached hydrogens (tertiary/aromatic N) is 3. The van der Waals surface area contributed by atoms with Gasteiger partial charge in [0.2, 0.25) is 0 Å². The first-order chi connectivity index (χ1) is 9.36. The SMILES string of the molecule is Nc1ccnc(-c2ccccn2)c1-c1ccccn1. The average molecular weight is 248 g/mol. The topological polar surface area (TPSA) is 64.7 Å². The summed E-state index contributed by atoms with van der Waals surface area (Å²) in [6.45, 7) is 0. The molecule has 3 aromatic heterocycles. The third-order valence-corrected chi connectivity index (χ3v) is 2.81. The zero-order valence-corrected chi connectivity index (χ0v) is 10.2. The Morgan fingerprint density at radius 3 is 2.00 bits per heavy atom. The van der Waals surface area contributed by atoms with E-state index < -0.39 is 0 Å². The normalized spacial score (nSPS) is 10.3. The van der Waals surface area contributed by atoms with Crippen molar-refractivity contribution in [3.8, 4) is 22.6 Å². The molecule has 0 saturated carbocycles. The van der Waals surface area contributed by atoms with E-state index in [1.165, 1.54) is 0 Å². The van der Waals surface area contributed by atoms with E-state index in [9.17, 15) is 0 Å². The number of rotatable bonds is 2. The highest BCUT2D eigenvalue weighted by atomic mass is 14.8. The summed E-state index contributed by atoms with van der Waals surface area (Å²) in [6, 6.07) is 13.2. The van der Waals surface area contributed by atoms with E-state index in [1.54, 1.807) is 24.7 Å². The van der Waals surface area contributed by atoms with Crippen molar-refractivity contribution in [1.29, 1.82) is 0 Å². The van der Waals surface area contributed by atoms with Crippen LogP contribution in [0.2, 0.25) is 0 Å². The third kappa shape index (κ3) is 2.15. The van der Waals surface area contributed by atoms with Crippen molar-refractivity contribution >= 4 is 5.69 Å². The van der Waals surface area contributed by atoms with Crippen molar-refractivity contribution in [2.75, 3.05) is 5.73 Å². The van der Waals surface area contributed by atoms with Crippen LogP contribution in [0.15, 0.2) is 61.1 Å². The zero-order valence-electron chi connectivity index (χ0n) is 10.2. The van der Waals surface area contributed by atoms with Crippen LogP contribution in [-0.2, 0) is 0 Å². The summed E-state index contributed by atoms with van der Waals surface area (Å²) in [5.74, 6) is 0. The van der Waals surface area contributed by atoms with Crippen LogP contribution in [0.1, 0.15) is 0 Å². The van der Waals surface area contributed by atoms with Gasteiger partial charge in [-0.25, -0.2) is 0 Å². The number of nitrogens with two attached hydrogens (primary N) is 1. The van der Waals surface area contributed by atoms with Gasteiger partial charge in [-0.1, -0.05) is 12.1 Å². The van der Waals surface area contributed by atoms with Crippen molar-refractivity contribution in [2.24, 2.45) is 0 Å². The summed E-state index contributed by atoms with van der Waals surface area (Å²) >= 11 is 0. The van der Waals surface area contributed by atoms with Crippen molar-refractivity contribution in [1.82, 2.24) is 15.0 Å². The van der Waals surface area contributed by atoms with Gasteiger partial charge in [0.1, 0.15) is 5.69 Å². The molecule has 0 aliphatic carbocycles. The Morgan fingerprint density at radius 2 is 1.37 bits per heavy atom. The summed E-state index contributed by atoms with van der Waals surface area (Å²) in [7, 11) is 0. The minimum atomic E-state index is 0.648. The summed E-state index contributed by atoms with van der Waals surface area (Å²) in [5.41, 5.74) is 9.89. The van der Waals surface area contributed by atoms with Crippen molar-refractivity contribution in [3.63, 3.8) is 0 Å². The van der Waals surface area contributed by atoms with Crippen LogP contribution in [0.25, 0.3) is 22.6 Å². The van der Waals surface area contributed by atoms with E-state index in [4.69, 9.17) is 5.73 Å². The molecule has 0 unspecified atom stereocenters. The molecule has 3 rings (SSSR count). The molecule has 0 spiro atoms. The van der Waals surface area contributed by atoms with Crippen LogP contribution in [0.4, 0.5) is 5.69 Å².